The number of nitrogens with one attached hydrogen (secondary N) is 2. The fraction of sp³-hybridized carbons (Fsp3) is 0.583. The lowest BCUT2D eigenvalue weighted by Crippen LogP contribution is -2.38. The Morgan fingerprint density at radius 2 is 2.13 bits per heavy atom. The van der Waals surface area contributed by atoms with Gasteiger partial charge in [-0.15, -0.1) is 0 Å². The summed E-state index contributed by atoms with van der Waals surface area (Å²) in [6.45, 7) is 9.45. The Hall–Kier alpha value is -2.38. The topological polar surface area (TPSA) is 92.0 Å². The highest BCUT2D eigenvalue weighted by Gasteiger charge is 2.14. The predicted molar refractivity (Wildman–Crippen MR) is 127 cm³/mol. The third-order valence-electron chi connectivity index (χ3n) is 5.87. The van der Waals surface area contributed by atoms with Crippen molar-refractivity contribution in [3.05, 3.63) is 35.4 Å². The minimum atomic E-state index is -0.0481. The molecule has 2 unspecified atom stereocenters. The van der Waals surface area contributed by atoms with Crippen LogP contribution in [0.3, 0.4) is 0 Å². The largest absolute Gasteiger partial charge is 0.398 e. The molecule has 0 radical (unpaired) electrons. The Labute approximate surface area is 186 Å². The van der Waals surface area contributed by atoms with Gasteiger partial charge in [0.25, 0.3) is 5.91 Å². The number of hydrazone groups is 1. The fourth-order valence-corrected chi connectivity index (χ4v) is 4.03. The summed E-state index contributed by atoms with van der Waals surface area (Å²) >= 11 is 0. The van der Waals surface area contributed by atoms with Crippen molar-refractivity contribution in [2.45, 2.75) is 45.6 Å². The van der Waals surface area contributed by atoms with Crippen LogP contribution in [-0.2, 0) is 4.74 Å². The second kappa shape index (κ2) is 11.9. The van der Waals surface area contributed by atoms with Gasteiger partial charge in [0.05, 0.1) is 19.3 Å². The standard InChI is InChI=1S/C24H37N5O2/c1-18-5-3-6-20(15-19(2)28-27-17-18)22-16-21(7-8-23(22)25)24(30)26-9-4-10-29-11-13-31-14-12-29/h7-8,15-19,28H,3-6,9-14,25H2,1-2H3,(H,26,30)/b20-15+,27-17-. The van der Waals surface area contributed by atoms with E-state index in [9.17, 15) is 4.79 Å². The van der Waals surface area contributed by atoms with Crippen molar-refractivity contribution in [1.82, 2.24) is 15.6 Å². The van der Waals surface area contributed by atoms with Crippen LogP contribution in [0.15, 0.2) is 29.4 Å². The van der Waals surface area contributed by atoms with E-state index in [0.29, 0.717) is 23.7 Å². The number of carbonyl (C=O) groups is 1. The number of hydrogen-bond acceptors (Lipinski definition) is 6. The first-order valence-electron chi connectivity index (χ1n) is 11.5. The number of morpholine rings is 1. The summed E-state index contributed by atoms with van der Waals surface area (Å²) < 4.78 is 5.38. The first kappa shape index (κ1) is 23.3. The van der Waals surface area contributed by atoms with Gasteiger partial charge in [-0.05, 0) is 68.8 Å². The average molecular weight is 428 g/mol. The van der Waals surface area contributed by atoms with Gasteiger partial charge in [0.15, 0.2) is 0 Å². The number of benzene rings is 1. The number of amides is 1. The van der Waals surface area contributed by atoms with E-state index >= 15 is 0 Å². The van der Waals surface area contributed by atoms with Crippen LogP contribution in [0.2, 0.25) is 0 Å². The molecule has 7 nitrogen and oxygen atoms in total. The second-order valence-electron chi connectivity index (χ2n) is 8.62. The van der Waals surface area contributed by atoms with E-state index in [2.05, 4.69) is 40.7 Å². The molecule has 7 heteroatoms. The summed E-state index contributed by atoms with van der Waals surface area (Å²) in [6, 6.07) is 5.68. The summed E-state index contributed by atoms with van der Waals surface area (Å²) in [6.07, 6.45) is 8.14. The maximum absolute atomic E-state index is 12.7. The number of ether oxygens (including phenoxy) is 1. The summed E-state index contributed by atoms with van der Waals surface area (Å²) in [5, 5.41) is 7.40. The third-order valence-corrected chi connectivity index (χ3v) is 5.87. The van der Waals surface area contributed by atoms with E-state index in [1.165, 1.54) is 5.57 Å². The molecule has 0 saturated carbocycles. The molecule has 1 saturated heterocycles. The van der Waals surface area contributed by atoms with Crippen molar-refractivity contribution in [3.63, 3.8) is 0 Å². The van der Waals surface area contributed by atoms with E-state index < -0.39 is 0 Å². The molecule has 3 rings (SSSR count). The average Bonchev–Trinajstić information content (AvgIpc) is 2.77. The zero-order chi connectivity index (χ0) is 22.1. The van der Waals surface area contributed by atoms with Gasteiger partial charge < -0.3 is 21.2 Å². The number of nitrogens with zero attached hydrogens (tertiary/aromatic N) is 2. The van der Waals surface area contributed by atoms with Gasteiger partial charge in [-0.1, -0.05) is 13.0 Å². The molecule has 2 heterocycles. The maximum Gasteiger partial charge on any atom is 0.251 e. The predicted octanol–water partition coefficient (Wildman–Crippen LogP) is 2.89. The van der Waals surface area contributed by atoms with Crippen LogP contribution in [0, 0.1) is 5.92 Å². The Balaban J connectivity index is 1.62. The van der Waals surface area contributed by atoms with Crippen molar-refractivity contribution >= 4 is 23.4 Å². The van der Waals surface area contributed by atoms with Crippen molar-refractivity contribution in [2.24, 2.45) is 11.0 Å². The Morgan fingerprint density at radius 3 is 2.94 bits per heavy atom. The molecular formula is C24H37N5O2. The smallest absolute Gasteiger partial charge is 0.251 e. The maximum atomic E-state index is 12.7. The first-order valence-corrected chi connectivity index (χ1v) is 11.5. The normalized spacial score (nSPS) is 25.7. The van der Waals surface area contributed by atoms with Crippen molar-refractivity contribution in [1.29, 1.82) is 0 Å². The number of rotatable bonds is 6. The van der Waals surface area contributed by atoms with Gasteiger partial charge in [0.1, 0.15) is 0 Å². The Bertz CT molecular complexity index is 786. The van der Waals surface area contributed by atoms with Crippen molar-refractivity contribution in [2.75, 3.05) is 45.1 Å². The lowest BCUT2D eigenvalue weighted by Gasteiger charge is -2.26. The number of nitrogen functional groups attached to an aromatic ring is 1. The van der Waals surface area contributed by atoms with Gasteiger partial charge in [-0.2, -0.15) is 5.10 Å². The molecule has 1 aromatic carbocycles. The van der Waals surface area contributed by atoms with Crippen LogP contribution >= 0.6 is 0 Å². The molecule has 4 N–H and O–H groups in total. The van der Waals surface area contributed by atoms with Crippen LogP contribution in [0.1, 0.15) is 55.5 Å². The van der Waals surface area contributed by atoms with Gasteiger partial charge in [0, 0.05) is 42.7 Å². The summed E-state index contributed by atoms with van der Waals surface area (Å²) in [5.74, 6) is 0.388. The van der Waals surface area contributed by atoms with Crippen LogP contribution < -0.4 is 16.5 Å². The fourth-order valence-electron chi connectivity index (χ4n) is 4.03. The first-order chi connectivity index (χ1) is 15.0. The lowest BCUT2D eigenvalue weighted by atomic mass is 9.93. The molecule has 1 fully saturated rings. The second-order valence-corrected chi connectivity index (χ2v) is 8.62. The molecule has 0 aliphatic carbocycles. The Morgan fingerprint density at radius 1 is 1.32 bits per heavy atom. The van der Waals surface area contributed by atoms with Gasteiger partial charge >= 0.3 is 0 Å². The monoisotopic (exact) mass is 427 g/mol. The van der Waals surface area contributed by atoms with Gasteiger partial charge in [-0.25, -0.2) is 0 Å². The molecule has 2 aliphatic rings. The minimum Gasteiger partial charge on any atom is -0.398 e. The summed E-state index contributed by atoms with van der Waals surface area (Å²) in [4.78, 5) is 15.1. The highest BCUT2D eigenvalue weighted by atomic mass is 16.5. The highest BCUT2D eigenvalue weighted by Crippen LogP contribution is 2.29. The molecule has 1 aromatic rings. The van der Waals surface area contributed by atoms with Gasteiger partial charge in [-0.3, -0.25) is 9.69 Å². The molecular weight excluding hydrogens is 390 g/mol. The number of hydrogen-bond donors (Lipinski definition) is 3. The molecule has 0 bridgehead atoms. The zero-order valence-electron chi connectivity index (χ0n) is 18.9. The lowest BCUT2D eigenvalue weighted by molar-refractivity contribution is 0.0374. The van der Waals surface area contributed by atoms with Crippen molar-refractivity contribution in [3.8, 4) is 0 Å². The van der Waals surface area contributed by atoms with E-state index in [0.717, 1.165) is 64.1 Å². The molecule has 31 heavy (non-hydrogen) atoms. The summed E-state index contributed by atoms with van der Waals surface area (Å²) in [7, 11) is 0. The van der Waals surface area contributed by atoms with Crippen LogP contribution in [-0.4, -0.2) is 62.5 Å². The molecule has 0 spiro atoms. The van der Waals surface area contributed by atoms with Crippen LogP contribution in [0.4, 0.5) is 5.69 Å². The highest BCUT2D eigenvalue weighted by molar-refractivity contribution is 5.96. The van der Waals surface area contributed by atoms with Crippen LogP contribution in [0.5, 0.6) is 0 Å². The number of anilines is 1. The SMILES string of the molecule is CC1/C=N\NC(C)/C=C(/c2cc(C(=O)NCCCN3CCOCC3)ccc2N)CCC1. The quantitative estimate of drug-likeness (QED) is 0.480. The molecule has 170 valence electrons. The van der Waals surface area contributed by atoms with E-state index in [4.69, 9.17) is 10.5 Å². The number of carbonyl (C=O) groups excluding carboxylic acids is 1. The molecule has 2 aliphatic heterocycles. The van der Waals surface area contributed by atoms with E-state index in [1.54, 1.807) is 0 Å². The molecule has 1 amide bonds. The summed E-state index contributed by atoms with van der Waals surface area (Å²) in [5.41, 5.74) is 13.0. The minimum absolute atomic E-state index is 0.0481. The van der Waals surface area contributed by atoms with Gasteiger partial charge in [0.2, 0.25) is 0 Å². The number of allylic oxidation sites excluding steroid dienone is 1. The van der Waals surface area contributed by atoms with E-state index in [1.807, 2.05) is 24.4 Å². The van der Waals surface area contributed by atoms with Crippen molar-refractivity contribution < 1.29 is 9.53 Å². The van der Waals surface area contributed by atoms with Crippen LogP contribution in [0.25, 0.3) is 5.57 Å². The number of nitrogens with two attached hydrogens (primary N) is 1. The third kappa shape index (κ3) is 7.36. The van der Waals surface area contributed by atoms with E-state index in [-0.39, 0.29) is 11.9 Å². The molecule has 2 atom stereocenters. The Kier molecular flexibility index (Phi) is 8.91. The molecule has 0 aromatic heterocycles. The zero-order valence-corrected chi connectivity index (χ0v) is 18.9.